The Morgan fingerprint density at radius 3 is 3.08 bits per heavy atom. The van der Waals surface area contributed by atoms with Crippen LogP contribution in [0.4, 0.5) is 0 Å². The maximum absolute atomic E-state index is 12.3. The number of aromatic nitrogens is 1. The highest BCUT2D eigenvalue weighted by molar-refractivity contribution is 5.99. The zero-order valence-electron chi connectivity index (χ0n) is 15.3. The summed E-state index contributed by atoms with van der Waals surface area (Å²) in [5.74, 6) is 0.114. The smallest absolute Gasteiger partial charge is 0.168 e. The standard InChI is InChI=1S/C22H28N2O2/c1-2-20-8-5-14-24(20)15-6-16-26-21-11-9-18(10-12-21)22(25)17-19-7-3-4-13-23-19/h2-4,7,9-11,13,20-21H,1,5-6,8,12,14-17H2/t20-,21?/m1/s1. The van der Waals surface area contributed by atoms with Crippen LogP contribution in [-0.4, -0.2) is 47.5 Å². The van der Waals surface area contributed by atoms with Gasteiger partial charge < -0.3 is 4.74 Å². The second-order valence-electron chi connectivity index (χ2n) is 6.92. The normalized spacial score (nSPS) is 23.0. The van der Waals surface area contributed by atoms with Gasteiger partial charge in [0.05, 0.1) is 12.5 Å². The molecule has 4 nitrogen and oxygen atoms in total. The minimum atomic E-state index is 0.0789. The van der Waals surface area contributed by atoms with Crippen molar-refractivity contribution in [3.05, 3.63) is 66.5 Å². The highest BCUT2D eigenvalue weighted by Gasteiger charge is 2.21. The Hall–Kier alpha value is -2.04. The molecule has 138 valence electrons. The number of hydrogen-bond donors (Lipinski definition) is 0. The van der Waals surface area contributed by atoms with E-state index in [0.29, 0.717) is 12.5 Å². The average Bonchev–Trinajstić information content (AvgIpc) is 3.14. The minimum Gasteiger partial charge on any atom is -0.374 e. The number of nitrogens with zero attached hydrogens (tertiary/aromatic N) is 2. The fourth-order valence-electron chi connectivity index (χ4n) is 3.60. The monoisotopic (exact) mass is 352 g/mol. The molecule has 0 saturated carbocycles. The first-order chi connectivity index (χ1) is 12.8. The first-order valence-corrected chi connectivity index (χ1v) is 9.56. The molecule has 2 atom stereocenters. The Morgan fingerprint density at radius 2 is 2.35 bits per heavy atom. The lowest BCUT2D eigenvalue weighted by Crippen LogP contribution is -2.29. The largest absolute Gasteiger partial charge is 0.374 e. The number of hydrogen-bond acceptors (Lipinski definition) is 4. The number of rotatable bonds is 9. The molecule has 3 rings (SSSR count). The number of carbonyl (C=O) groups is 1. The van der Waals surface area contributed by atoms with Crippen molar-refractivity contribution in [1.29, 1.82) is 0 Å². The Bertz CT molecular complexity index is 666. The van der Waals surface area contributed by atoms with Crippen LogP contribution in [0.3, 0.4) is 0 Å². The van der Waals surface area contributed by atoms with Crippen molar-refractivity contribution >= 4 is 5.78 Å². The zero-order valence-corrected chi connectivity index (χ0v) is 15.3. The summed E-state index contributed by atoms with van der Waals surface area (Å²) in [6, 6.07) is 6.19. The Labute approximate surface area is 156 Å². The Balaban J connectivity index is 1.36. The number of ether oxygens (including phenoxy) is 1. The van der Waals surface area contributed by atoms with Gasteiger partial charge in [0.25, 0.3) is 0 Å². The van der Waals surface area contributed by atoms with Crippen molar-refractivity contribution < 1.29 is 9.53 Å². The van der Waals surface area contributed by atoms with Crippen molar-refractivity contribution in [3.8, 4) is 0 Å². The third kappa shape index (κ3) is 5.23. The summed E-state index contributed by atoms with van der Waals surface area (Å²) in [6.45, 7) is 6.91. The Morgan fingerprint density at radius 1 is 1.42 bits per heavy atom. The number of allylic oxidation sites excluding steroid dienone is 2. The molecule has 1 aliphatic carbocycles. The molecule has 0 N–H and O–H groups in total. The van der Waals surface area contributed by atoms with Gasteiger partial charge in [-0.2, -0.15) is 0 Å². The van der Waals surface area contributed by atoms with E-state index in [-0.39, 0.29) is 11.9 Å². The molecule has 4 heteroatoms. The SMILES string of the molecule is C=C[C@@H]1CCCN1CCCOC1C=CC(C(=O)Cc2ccccn2)=CC1. The van der Waals surface area contributed by atoms with Gasteiger partial charge in [0.15, 0.2) is 5.78 Å². The fourth-order valence-corrected chi connectivity index (χ4v) is 3.60. The predicted octanol–water partition coefficient (Wildman–Crippen LogP) is 3.51. The van der Waals surface area contributed by atoms with Gasteiger partial charge in [-0.25, -0.2) is 0 Å². The molecule has 26 heavy (non-hydrogen) atoms. The van der Waals surface area contributed by atoms with Gasteiger partial charge in [0.2, 0.25) is 0 Å². The number of likely N-dealkylation sites (tertiary alicyclic amines) is 1. The van der Waals surface area contributed by atoms with Crippen LogP contribution in [0.15, 0.2) is 60.9 Å². The number of carbonyl (C=O) groups excluding carboxylic acids is 1. The molecule has 0 aromatic carbocycles. The van der Waals surface area contributed by atoms with Crippen LogP contribution < -0.4 is 0 Å². The van der Waals surface area contributed by atoms with Crippen LogP contribution in [0.25, 0.3) is 0 Å². The highest BCUT2D eigenvalue weighted by atomic mass is 16.5. The average molecular weight is 352 g/mol. The molecule has 0 amide bonds. The molecule has 1 saturated heterocycles. The maximum Gasteiger partial charge on any atom is 0.168 e. The summed E-state index contributed by atoms with van der Waals surface area (Å²) < 4.78 is 5.95. The van der Waals surface area contributed by atoms with Crippen LogP contribution in [-0.2, 0) is 16.0 Å². The van der Waals surface area contributed by atoms with E-state index in [0.717, 1.165) is 37.3 Å². The van der Waals surface area contributed by atoms with Gasteiger partial charge in [-0.15, -0.1) is 6.58 Å². The lowest BCUT2D eigenvalue weighted by molar-refractivity contribution is -0.114. The number of ketones is 1. The van der Waals surface area contributed by atoms with Crippen LogP contribution >= 0.6 is 0 Å². The molecule has 0 radical (unpaired) electrons. The molecule has 1 aromatic heterocycles. The van der Waals surface area contributed by atoms with E-state index in [1.54, 1.807) is 6.20 Å². The van der Waals surface area contributed by atoms with Crippen molar-refractivity contribution in [1.82, 2.24) is 9.88 Å². The topological polar surface area (TPSA) is 42.4 Å². The Kier molecular flexibility index (Phi) is 6.92. The van der Waals surface area contributed by atoms with Crippen LogP contribution in [0, 0.1) is 0 Å². The van der Waals surface area contributed by atoms with Gasteiger partial charge >= 0.3 is 0 Å². The molecule has 2 heterocycles. The van der Waals surface area contributed by atoms with E-state index in [1.807, 2.05) is 36.4 Å². The molecule has 2 aliphatic rings. The summed E-state index contributed by atoms with van der Waals surface area (Å²) in [6.07, 6.45) is 14.4. The van der Waals surface area contributed by atoms with Crippen molar-refractivity contribution in [2.45, 2.75) is 44.2 Å². The van der Waals surface area contributed by atoms with Gasteiger partial charge in [-0.05, 0) is 44.4 Å². The number of pyridine rings is 1. The van der Waals surface area contributed by atoms with Crippen LogP contribution in [0.5, 0.6) is 0 Å². The minimum absolute atomic E-state index is 0.0789. The zero-order chi connectivity index (χ0) is 18.2. The van der Waals surface area contributed by atoms with Crippen LogP contribution in [0.1, 0.15) is 31.4 Å². The molecule has 0 spiro atoms. The summed E-state index contributed by atoms with van der Waals surface area (Å²) in [7, 11) is 0. The second-order valence-corrected chi connectivity index (χ2v) is 6.92. The first kappa shape index (κ1) is 18.7. The van der Waals surface area contributed by atoms with Gasteiger partial charge in [-0.1, -0.05) is 30.4 Å². The van der Waals surface area contributed by atoms with Gasteiger partial charge in [-0.3, -0.25) is 14.7 Å². The maximum atomic E-state index is 12.3. The summed E-state index contributed by atoms with van der Waals surface area (Å²) in [5.41, 5.74) is 1.58. The van der Waals surface area contributed by atoms with Crippen molar-refractivity contribution in [2.24, 2.45) is 0 Å². The lowest BCUT2D eigenvalue weighted by atomic mass is 9.99. The van der Waals surface area contributed by atoms with E-state index in [9.17, 15) is 4.79 Å². The third-order valence-corrected chi connectivity index (χ3v) is 5.06. The molecule has 1 fully saturated rings. The third-order valence-electron chi connectivity index (χ3n) is 5.06. The van der Waals surface area contributed by atoms with E-state index >= 15 is 0 Å². The summed E-state index contributed by atoms with van der Waals surface area (Å²) in [4.78, 5) is 19.0. The van der Waals surface area contributed by atoms with E-state index in [1.165, 1.54) is 19.4 Å². The molecular weight excluding hydrogens is 324 g/mol. The second kappa shape index (κ2) is 9.60. The van der Waals surface area contributed by atoms with Crippen molar-refractivity contribution in [3.63, 3.8) is 0 Å². The van der Waals surface area contributed by atoms with E-state index in [2.05, 4.69) is 22.5 Å². The summed E-state index contributed by atoms with van der Waals surface area (Å²) in [5, 5.41) is 0. The van der Waals surface area contributed by atoms with Gasteiger partial charge in [0.1, 0.15) is 0 Å². The summed E-state index contributed by atoms with van der Waals surface area (Å²) >= 11 is 0. The molecule has 1 aliphatic heterocycles. The van der Waals surface area contributed by atoms with Crippen molar-refractivity contribution in [2.75, 3.05) is 19.7 Å². The molecule has 1 unspecified atom stereocenters. The molecular formula is C22H28N2O2. The number of Topliss-reactive ketones (excluding diaryl/α,β-unsaturated/α-hetero) is 1. The lowest BCUT2D eigenvalue weighted by Gasteiger charge is -2.22. The predicted molar refractivity (Wildman–Crippen MR) is 104 cm³/mol. The molecule has 0 bridgehead atoms. The van der Waals surface area contributed by atoms with E-state index < -0.39 is 0 Å². The quantitative estimate of drug-likeness (QED) is 0.504. The fraction of sp³-hybridized carbons (Fsp3) is 0.455. The van der Waals surface area contributed by atoms with E-state index in [4.69, 9.17) is 4.74 Å². The first-order valence-electron chi connectivity index (χ1n) is 9.56. The molecule has 1 aromatic rings. The van der Waals surface area contributed by atoms with Gasteiger partial charge in [0, 0.05) is 36.7 Å². The van der Waals surface area contributed by atoms with Crippen LogP contribution in [0.2, 0.25) is 0 Å². The highest BCUT2D eigenvalue weighted by Crippen LogP contribution is 2.19.